The molecular formula is C18H20N2O4S. The van der Waals surface area contributed by atoms with Crippen molar-refractivity contribution in [3.05, 3.63) is 53.9 Å². The molecule has 0 aliphatic heterocycles. The topological polar surface area (TPSA) is 81.4 Å². The number of aryl methyl sites for hydroxylation is 2. The van der Waals surface area contributed by atoms with Gasteiger partial charge in [-0.05, 0) is 31.9 Å². The molecule has 1 aromatic heterocycles. The summed E-state index contributed by atoms with van der Waals surface area (Å²) in [4.78, 5) is 0.0592. The fourth-order valence-electron chi connectivity index (χ4n) is 2.26. The molecule has 132 valence electrons. The molecule has 7 heteroatoms. The van der Waals surface area contributed by atoms with Crippen LogP contribution in [0.1, 0.15) is 17.0 Å². The minimum absolute atomic E-state index is 0.0238. The first-order valence-corrected chi connectivity index (χ1v) is 9.14. The van der Waals surface area contributed by atoms with Gasteiger partial charge in [-0.2, -0.15) is 4.72 Å². The van der Waals surface area contributed by atoms with Crippen molar-refractivity contribution in [2.45, 2.75) is 25.2 Å². The second-order valence-electron chi connectivity index (χ2n) is 5.22. The van der Waals surface area contributed by atoms with Crippen LogP contribution >= 0.6 is 0 Å². The summed E-state index contributed by atoms with van der Waals surface area (Å²) in [5, 5.41) is 3.64. The molecule has 0 saturated carbocycles. The third kappa shape index (κ3) is 4.95. The minimum atomic E-state index is -3.69. The Bertz CT molecular complexity index is 885. The van der Waals surface area contributed by atoms with Crippen LogP contribution in [-0.4, -0.2) is 26.7 Å². The average molecular weight is 360 g/mol. The summed E-state index contributed by atoms with van der Waals surface area (Å²) < 4.78 is 37.3. The summed E-state index contributed by atoms with van der Waals surface area (Å²) in [5.41, 5.74) is 1.35. The van der Waals surface area contributed by atoms with Gasteiger partial charge in [0, 0.05) is 0 Å². The van der Waals surface area contributed by atoms with E-state index < -0.39 is 10.0 Å². The Morgan fingerprint density at radius 3 is 2.76 bits per heavy atom. The van der Waals surface area contributed by atoms with Gasteiger partial charge in [0.05, 0.1) is 6.54 Å². The molecular weight excluding hydrogens is 340 g/mol. The summed E-state index contributed by atoms with van der Waals surface area (Å²) in [7, 11) is -3.69. The summed E-state index contributed by atoms with van der Waals surface area (Å²) in [5.74, 6) is 6.51. The van der Waals surface area contributed by atoms with Crippen LogP contribution in [0.4, 0.5) is 0 Å². The van der Waals surface area contributed by atoms with E-state index in [-0.39, 0.29) is 23.8 Å². The Kier molecular flexibility index (Phi) is 6.39. The van der Waals surface area contributed by atoms with Gasteiger partial charge in [-0.15, -0.1) is 6.58 Å². The van der Waals surface area contributed by atoms with Crippen molar-refractivity contribution in [2.24, 2.45) is 0 Å². The van der Waals surface area contributed by atoms with Gasteiger partial charge in [-0.1, -0.05) is 41.3 Å². The normalized spacial score (nSPS) is 10.8. The molecule has 0 fully saturated rings. The zero-order chi connectivity index (χ0) is 18.3. The molecule has 0 bridgehead atoms. The van der Waals surface area contributed by atoms with Gasteiger partial charge >= 0.3 is 0 Å². The summed E-state index contributed by atoms with van der Waals surface area (Å²) in [6.45, 7) is 6.98. The zero-order valence-corrected chi connectivity index (χ0v) is 15.0. The number of sulfonamides is 1. The summed E-state index contributed by atoms with van der Waals surface area (Å²) in [6.07, 6.45) is 2.51. The van der Waals surface area contributed by atoms with E-state index in [1.54, 1.807) is 19.9 Å². The highest BCUT2D eigenvalue weighted by Crippen LogP contribution is 2.19. The van der Waals surface area contributed by atoms with Gasteiger partial charge in [0.1, 0.15) is 22.9 Å². The van der Waals surface area contributed by atoms with Gasteiger partial charge in [0.25, 0.3) is 0 Å². The molecule has 1 aromatic carbocycles. The number of rotatable bonds is 7. The van der Waals surface area contributed by atoms with Crippen LogP contribution in [0.25, 0.3) is 0 Å². The van der Waals surface area contributed by atoms with E-state index in [1.165, 1.54) is 0 Å². The number of aromatic nitrogens is 1. The van der Waals surface area contributed by atoms with Crippen LogP contribution < -0.4 is 9.46 Å². The van der Waals surface area contributed by atoms with Gasteiger partial charge in [-0.25, -0.2) is 8.42 Å². The number of hydrogen-bond acceptors (Lipinski definition) is 5. The number of nitrogens with zero attached hydrogens (tertiary/aromatic N) is 1. The van der Waals surface area contributed by atoms with E-state index in [1.807, 2.05) is 24.3 Å². The predicted molar refractivity (Wildman–Crippen MR) is 94.8 cm³/mol. The van der Waals surface area contributed by atoms with Gasteiger partial charge < -0.3 is 9.26 Å². The van der Waals surface area contributed by atoms with E-state index in [9.17, 15) is 8.42 Å². The van der Waals surface area contributed by atoms with Crippen LogP contribution in [0.5, 0.6) is 5.75 Å². The number of allylic oxidation sites excluding steroid dienone is 1. The van der Waals surface area contributed by atoms with E-state index in [0.717, 1.165) is 11.3 Å². The summed E-state index contributed by atoms with van der Waals surface area (Å²) >= 11 is 0. The number of para-hydroxylation sites is 1. The Balaban J connectivity index is 1.89. The third-order valence-electron chi connectivity index (χ3n) is 3.35. The fourth-order valence-corrected chi connectivity index (χ4v) is 3.51. The maximum absolute atomic E-state index is 12.2. The molecule has 0 radical (unpaired) electrons. The predicted octanol–water partition coefficient (Wildman–Crippen LogP) is 2.38. The van der Waals surface area contributed by atoms with E-state index in [0.29, 0.717) is 12.1 Å². The number of ether oxygens (including phenoxy) is 1. The van der Waals surface area contributed by atoms with Crippen molar-refractivity contribution in [2.75, 3.05) is 13.2 Å². The molecule has 0 aliphatic carbocycles. The van der Waals surface area contributed by atoms with Crippen molar-refractivity contribution in [3.8, 4) is 17.6 Å². The average Bonchev–Trinajstić information content (AvgIpc) is 2.92. The molecule has 0 atom stereocenters. The number of hydrogen-bond donors (Lipinski definition) is 1. The molecule has 0 aliphatic rings. The quantitative estimate of drug-likeness (QED) is 0.606. The molecule has 6 nitrogen and oxygen atoms in total. The van der Waals surface area contributed by atoms with Crippen LogP contribution in [0.2, 0.25) is 0 Å². The second kappa shape index (κ2) is 8.51. The first-order chi connectivity index (χ1) is 12.0. The maximum atomic E-state index is 12.2. The van der Waals surface area contributed by atoms with Crippen LogP contribution in [0.15, 0.2) is 46.3 Å². The second-order valence-corrected chi connectivity index (χ2v) is 6.92. The largest absolute Gasteiger partial charge is 0.481 e. The third-order valence-corrected chi connectivity index (χ3v) is 4.99. The first-order valence-electron chi connectivity index (χ1n) is 7.65. The highest BCUT2D eigenvalue weighted by molar-refractivity contribution is 7.89. The Hall–Kier alpha value is -2.56. The monoisotopic (exact) mass is 360 g/mol. The lowest BCUT2D eigenvalue weighted by Gasteiger charge is -2.07. The highest BCUT2D eigenvalue weighted by atomic mass is 32.2. The zero-order valence-electron chi connectivity index (χ0n) is 14.2. The maximum Gasteiger partial charge on any atom is 0.246 e. The minimum Gasteiger partial charge on any atom is -0.481 e. The molecule has 2 aromatic rings. The van der Waals surface area contributed by atoms with Gasteiger partial charge in [-0.3, -0.25) is 0 Å². The molecule has 2 rings (SSSR count). The van der Waals surface area contributed by atoms with Gasteiger partial charge in [0.15, 0.2) is 5.76 Å². The Morgan fingerprint density at radius 1 is 1.32 bits per heavy atom. The molecule has 0 spiro atoms. The molecule has 1 heterocycles. The molecule has 0 unspecified atom stereocenters. The van der Waals surface area contributed by atoms with Crippen LogP contribution in [-0.2, 0) is 16.4 Å². The van der Waals surface area contributed by atoms with Crippen molar-refractivity contribution in [3.63, 3.8) is 0 Å². The lowest BCUT2D eigenvalue weighted by molar-refractivity contribution is 0.366. The van der Waals surface area contributed by atoms with Crippen molar-refractivity contribution in [1.29, 1.82) is 0 Å². The Morgan fingerprint density at radius 2 is 2.08 bits per heavy atom. The number of benzene rings is 1. The van der Waals surface area contributed by atoms with Crippen molar-refractivity contribution < 1.29 is 17.7 Å². The van der Waals surface area contributed by atoms with E-state index in [2.05, 4.69) is 28.3 Å². The smallest absolute Gasteiger partial charge is 0.246 e. The molecule has 1 N–H and O–H groups in total. The molecule has 25 heavy (non-hydrogen) atoms. The van der Waals surface area contributed by atoms with E-state index in [4.69, 9.17) is 9.26 Å². The van der Waals surface area contributed by atoms with Crippen LogP contribution in [0.3, 0.4) is 0 Å². The van der Waals surface area contributed by atoms with Crippen molar-refractivity contribution >= 4 is 10.0 Å². The summed E-state index contributed by atoms with van der Waals surface area (Å²) in [6, 6.07) is 7.64. The highest BCUT2D eigenvalue weighted by Gasteiger charge is 2.23. The fraction of sp³-hybridized carbons (Fsp3) is 0.278. The molecule has 0 amide bonds. The van der Waals surface area contributed by atoms with Crippen LogP contribution in [0, 0.1) is 25.7 Å². The Labute approximate surface area is 147 Å². The van der Waals surface area contributed by atoms with E-state index >= 15 is 0 Å². The lowest BCUT2D eigenvalue weighted by Crippen LogP contribution is -2.25. The lowest BCUT2D eigenvalue weighted by atomic mass is 10.1. The molecule has 0 saturated heterocycles. The first kappa shape index (κ1) is 18.8. The standard InChI is InChI=1S/C18H20N2O4S/c1-4-9-16-10-5-6-11-17(16)23-13-8-7-12-19-25(21,22)18-14(2)20-24-15(18)3/h4-6,10-11,19H,1,9,12-13H2,2-3H3. The van der Waals surface area contributed by atoms with Gasteiger partial charge in [0.2, 0.25) is 10.0 Å². The number of nitrogens with one attached hydrogen (secondary N) is 1. The SMILES string of the molecule is C=CCc1ccccc1OCC#CCNS(=O)(=O)c1c(C)noc1C. The van der Waals surface area contributed by atoms with Crippen molar-refractivity contribution in [1.82, 2.24) is 9.88 Å².